The van der Waals surface area contributed by atoms with Crippen molar-refractivity contribution in [2.45, 2.75) is 36.9 Å². The number of nitrogens with zero attached hydrogens (tertiary/aromatic N) is 3. The summed E-state index contributed by atoms with van der Waals surface area (Å²) in [4.78, 5) is 16.8. The van der Waals surface area contributed by atoms with E-state index in [0.29, 0.717) is 48.8 Å². The van der Waals surface area contributed by atoms with E-state index in [4.69, 9.17) is 8.94 Å². The highest BCUT2D eigenvalue weighted by Crippen LogP contribution is 2.31. The van der Waals surface area contributed by atoms with Crippen molar-refractivity contribution in [2.24, 2.45) is 5.92 Å². The number of aryl methyl sites for hydroxylation is 1. The molecule has 1 aliphatic heterocycles. The molecule has 4 heterocycles. The first-order valence-corrected chi connectivity index (χ1v) is 12.0. The lowest BCUT2D eigenvalue weighted by Gasteiger charge is -2.30. The van der Waals surface area contributed by atoms with E-state index < -0.39 is 15.9 Å². The van der Waals surface area contributed by atoms with Crippen LogP contribution in [0.25, 0.3) is 11.4 Å². The fourth-order valence-electron chi connectivity index (χ4n) is 3.32. The summed E-state index contributed by atoms with van der Waals surface area (Å²) in [6, 6.07) is 5.09. The maximum atomic E-state index is 13.1. The number of sulfonamides is 1. The number of carbonyl (C=O) groups is 1. The molecule has 3 aromatic rings. The Morgan fingerprint density at radius 3 is 3.03 bits per heavy atom. The molecule has 3 aromatic heterocycles. The Bertz CT molecular complexity index is 1100. The molecule has 1 fully saturated rings. The van der Waals surface area contributed by atoms with Crippen molar-refractivity contribution in [2.75, 3.05) is 13.1 Å². The van der Waals surface area contributed by atoms with Gasteiger partial charge in [-0.25, -0.2) is 8.42 Å². The van der Waals surface area contributed by atoms with E-state index in [1.165, 1.54) is 4.31 Å². The molecule has 0 spiro atoms. The van der Waals surface area contributed by atoms with Crippen molar-refractivity contribution in [1.29, 1.82) is 0 Å². The number of thiophene rings is 1. The smallest absolute Gasteiger partial charge is 0.252 e. The summed E-state index contributed by atoms with van der Waals surface area (Å²) in [5.41, 5.74) is 0.603. The summed E-state index contributed by atoms with van der Waals surface area (Å²) in [5, 5.41) is 8.42. The van der Waals surface area contributed by atoms with Crippen molar-refractivity contribution < 1.29 is 22.2 Å². The first-order chi connectivity index (χ1) is 14.5. The molecule has 30 heavy (non-hydrogen) atoms. The van der Waals surface area contributed by atoms with Crippen molar-refractivity contribution in [3.05, 3.63) is 41.5 Å². The molecule has 0 aliphatic carbocycles. The molecule has 11 heteroatoms. The summed E-state index contributed by atoms with van der Waals surface area (Å²) >= 11 is 1.12. The maximum absolute atomic E-state index is 13.1. The van der Waals surface area contributed by atoms with Gasteiger partial charge in [-0.1, -0.05) is 12.1 Å². The average Bonchev–Trinajstić information content (AvgIpc) is 3.53. The number of hydrogen-bond acceptors (Lipinski definition) is 8. The normalized spacial score (nSPS) is 17.8. The van der Waals surface area contributed by atoms with Gasteiger partial charge >= 0.3 is 0 Å². The van der Waals surface area contributed by atoms with E-state index in [-0.39, 0.29) is 23.2 Å². The average molecular weight is 451 g/mol. The van der Waals surface area contributed by atoms with Crippen molar-refractivity contribution in [3.8, 4) is 11.4 Å². The van der Waals surface area contributed by atoms with Crippen LogP contribution in [-0.4, -0.2) is 41.9 Å². The van der Waals surface area contributed by atoms with Crippen LogP contribution in [0.1, 0.15) is 31.4 Å². The van der Waals surface area contributed by atoms with E-state index in [0.717, 1.165) is 11.3 Å². The molecule has 4 rings (SSSR count). The van der Waals surface area contributed by atoms with Crippen LogP contribution in [0.2, 0.25) is 0 Å². The third-order valence-corrected chi connectivity index (χ3v) is 8.25. The number of furan rings is 1. The molecule has 0 bridgehead atoms. The monoisotopic (exact) mass is 450 g/mol. The molecular weight excluding hydrogens is 428 g/mol. The van der Waals surface area contributed by atoms with Gasteiger partial charge in [0.2, 0.25) is 17.6 Å². The fourth-order valence-corrected chi connectivity index (χ4v) is 6.15. The van der Waals surface area contributed by atoms with Crippen molar-refractivity contribution >= 4 is 27.3 Å². The molecular formula is C19H22N4O5S2. The molecule has 1 aliphatic rings. The molecule has 0 unspecified atom stereocenters. The van der Waals surface area contributed by atoms with Crippen LogP contribution in [0, 0.1) is 5.92 Å². The Morgan fingerprint density at radius 1 is 1.43 bits per heavy atom. The summed E-state index contributed by atoms with van der Waals surface area (Å²) in [7, 11) is -3.71. The first-order valence-electron chi connectivity index (χ1n) is 9.69. The van der Waals surface area contributed by atoms with Gasteiger partial charge in [-0.15, -0.1) is 11.3 Å². The number of hydrogen-bond donors (Lipinski definition) is 1. The Kier molecular flexibility index (Phi) is 6.02. The lowest BCUT2D eigenvalue weighted by molar-refractivity contribution is -0.126. The Hall–Kier alpha value is -2.50. The van der Waals surface area contributed by atoms with Crippen molar-refractivity contribution in [1.82, 2.24) is 19.8 Å². The zero-order valence-corrected chi connectivity index (χ0v) is 18.0. The zero-order chi connectivity index (χ0) is 21.1. The van der Waals surface area contributed by atoms with Gasteiger partial charge < -0.3 is 14.3 Å². The molecule has 1 amide bonds. The second-order valence-electron chi connectivity index (χ2n) is 7.02. The SMILES string of the molecule is CCc1nc(-c2csc(S(=O)(=O)N3CCC[C@H](C(=O)NCc4ccco4)C3)c2)no1. The Balaban J connectivity index is 1.44. The zero-order valence-electron chi connectivity index (χ0n) is 16.4. The molecule has 160 valence electrons. The fraction of sp³-hybridized carbons (Fsp3) is 0.421. The number of piperidine rings is 1. The summed E-state index contributed by atoms with van der Waals surface area (Å²) in [5.74, 6) is 0.963. The van der Waals surface area contributed by atoms with E-state index in [1.807, 2.05) is 6.92 Å². The number of carbonyl (C=O) groups excluding carboxylic acids is 1. The highest BCUT2D eigenvalue weighted by atomic mass is 32.2. The molecule has 0 radical (unpaired) electrons. The third kappa shape index (κ3) is 4.32. The lowest BCUT2D eigenvalue weighted by Crippen LogP contribution is -2.45. The van der Waals surface area contributed by atoms with Crippen LogP contribution in [-0.2, 0) is 27.8 Å². The standard InChI is InChI=1S/C19H22N4O5S2/c1-2-16-21-18(22-28-16)14-9-17(29-12-14)30(25,26)23-7-3-5-13(11-23)19(24)20-10-15-6-4-8-27-15/h4,6,8-9,12-13H,2-3,5,7,10-11H2,1H3,(H,20,24)/t13-/m0/s1. The molecule has 0 aromatic carbocycles. The van der Waals surface area contributed by atoms with Gasteiger partial charge in [0.25, 0.3) is 10.0 Å². The highest BCUT2D eigenvalue weighted by Gasteiger charge is 2.34. The van der Waals surface area contributed by atoms with E-state index in [1.54, 1.807) is 29.8 Å². The molecule has 0 saturated carbocycles. The number of amides is 1. The predicted molar refractivity (Wildman–Crippen MR) is 109 cm³/mol. The number of aromatic nitrogens is 2. The largest absolute Gasteiger partial charge is 0.467 e. The predicted octanol–water partition coefficient (Wildman–Crippen LogP) is 2.67. The number of nitrogens with one attached hydrogen (secondary N) is 1. The van der Waals surface area contributed by atoms with Crippen LogP contribution in [0.5, 0.6) is 0 Å². The minimum Gasteiger partial charge on any atom is -0.467 e. The molecule has 1 N–H and O–H groups in total. The lowest BCUT2D eigenvalue weighted by atomic mass is 9.99. The summed E-state index contributed by atoms with van der Waals surface area (Å²) in [6.45, 7) is 2.73. The minimum atomic E-state index is -3.71. The molecule has 1 atom stereocenters. The van der Waals surface area contributed by atoms with Gasteiger partial charge in [-0.2, -0.15) is 9.29 Å². The van der Waals surface area contributed by atoms with E-state index in [2.05, 4.69) is 15.5 Å². The van der Waals surface area contributed by atoms with Crippen LogP contribution in [0.4, 0.5) is 0 Å². The first kappa shape index (κ1) is 20.8. The summed E-state index contributed by atoms with van der Waals surface area (Å²) < 4.78 is 38.2. The van der Waals surface area contributed by atoms with Gasteiger partial charge in [0.1, 0.15) is 9.97 Å². The van der Waals surface area contributed by atoms with E-state index >= 15 is 0 Å². The quantitative estimate of drug-likeness (QED) is 0.588. The second kappa shape index (κ2) is 8.70. The highest BCUT2D eigenvalue weighted by molar-refractivity contribution is 7.91. The Labute approximate surface area is 178 Å². The number of rotatable bonds is 7. The van der Waals surface area contributed by atoms with Gasteiger partial charge in [0, 0.05) is 30.5 Å². The third-order valence-electron chi connectivity index (χ3n) is 4.97. The molecule has 1 saturated heterocycles. The topological polar surface area (TPSA) is 119 Å². The van der Waals surface area contributed by atoms with Crippen molar-refractivity contribution in [3.63, 3.8) is 0 Å². The van der Waals surface area contributed by atoms with Crippen LogP contribution >= 0.6 is 11.3 Å². The second-order valence-corrected chi connectivity index (χ2v) is 10.1. The van der Waals surface area contributed by atoms with Gasteiger partial charge in [-0.3, -0.25) is 4.79 Å². The summed E-state index contributed by atoms with van der Waals surface area (Å²) in [6.07, 6.45) is 3.43. The van der Waals surface area contributed by atoms with Gasteiger partial charge in [0.15, 0.2) is 0 Å². The van der Waals surface area contributed by atoms with Crippen LogP contribution in [0.15, 0.2) is 43.0 Å². The van der Waals surface area contributed by atoms with Gasteiger partial charge in [-0.05, 0) is 31.0 Å². The minimum absolute atomic E-state index is 0.155. The van der Waals surface area contributed by atoms with Crippen LogP contribution in [0.3, 0.4) is 0 Å². The van der Waals surface area contributed by atoms with Crippen LogP contribution < -0.4 is 5.32 Å². The maximum Gasteiger partial charge on any atom is 0.252 e. The molecule has 9 nitrogen and oxygen atoms in total. The Morgan fingerprint density at radius 2 is 2.30 bits per heavy atom. The van der Waals surface area contributed by atoms with Gasteiger partial charge in [0.05, 0.1) is 18.7 Å². The van der Waals surface area contributed by atoms with E-state index in [9.17, 15) is 13.2 Å².